The van der Waals surface area contributed by atoms with Gasteiger partial charge in [0.2, 0.25) is 5.91 Å². The first-order chi connectivity index (χ1) is 9.96. The molecular formula is C16H30N2O3. The highest BCUT2D eigenvalue weighted by Gasteiger charge is 2.27. The monoisotopic (exact) mass is 298 g/mol. The quantitative estimate of drug-likeness (QED) is 0.720. The molecule has 2 unspecified atom stereocenters. The summed E-state index contributed by atoms with van der Waals surface area (Å²) >= 11 is 0. The highest BCUT2D eigenvalue weighted by molar-refractivity contribution is 5.78. The van der Waals surface area contributed by atoms with Crippen LogP contribution < -0.4 is 5.32 Å². The highest BCUT2D eigenvalue weighted by Crippen LogP contribution is 2.25. The van der Waals surface area contributed by atoms with E-state index in [4.69, 9.17) is 5.11 Å². The number of aliphatic carboxylic acids is 1. The Morgan fingerprint density at radius 3 is 2.57 bits per heavy atom. The van der Waals surface area contributed by atoms with E-state index in [2.05, 4.69) is 24.1 Å². The van der Waals surface area contributed by atoms with Gasteiger partial charge in [0.15, 0.2) is 0 Å². The molecule has 1 fully saturated rings. The topological polar surface area (TPSA) is 69.6 Å². The zero-order valence-corrected chi connectivity index (χ0v) is 13.6. The van der Waals surface area contributed by atoms with E-state index in [1.54, 1.807) is 0 Å². The maximum atomic E-state index is 12.0. The lowest BCUT2D eigenvalue weighted by molar-refractivity contribution is -0.138. The Hall–Kier alpha value is -1.10. The Balaban J connectivity index is 2.42. The summed E-state index contributed by atoms with van der Waals surface area (Å²) in [5.74, 6) is -0.0791. The molecule has 1 rings (SSSR count). The molecule has 0 bridgehead atoms. The van der Waals surface area contributed by atoms with Gasteiger partial charge in [-0.15, -0.1) is 0 Å². The van der Waals surface area contributed by atoms with Gasteiger partial charge in [0.1, 0.15) is 0 Å². The summed E-state index contributed by atoms with van der Waals surface area (Å²) in [4.78, 5) is 25.0. The van der Waals surface area contributed by atoms with E-state index in [0.29, 0.717) is 12.5 Å². The first kappa shape index (κ1) is 18.0. The van der Waals surface area contributed by atoms with Crippen LogP contribution in [0.15, 0.2) is 0 Å². The van der Waals surface area contributed by atoms with Crippen molar-refractivity contribution in [1.29, 1.82) is 0 Å². The largest absolute Gasteiger partial charge is 0.481 e. The van der Waals surface area contributed by atoms with Crippen LogP contribution in [0.5, 0.6) is 0 Å². The predicted octanol–water partition coefficient (Wildman–Crippen LogP) is 2.11. The minimum Gasteiger partial charge on any atom is -0.481 e. The molecule has 0 aromatic rings. The second-order valence-corrected chi connectivity index (χ2v) is 6.29. The van der Waals surface area contributed by atoms with Crippen LogP contribution >= 0.6 is 0 Å². The number of carbonyl (C=O) groups is 2. The fourth-order valence-electron chi connectivity index (χ4n) is 3.11. The van der Waals surface area contributed by atoms with Crippen molar-refractivity contribution in [2.45, 2.75) is 58.9 Å². The van der Waals surface area contributed by atoms with Gasteiger partial charge in [0.25, 0.3) is 0 Å². The molecule has 0 aromatic carbocycles. The van der Waals surface area contributed by atoms with Crippen molar-refractivity contribution < 1.29 is 14.7 Å². The minimum atomic E-state index is -0.730. The minimum absolute atomic E-state index is 0.0928. The molecule has 1 aliphatic rings. The lowest BCUT2D eigenvalue weighted by atomic mass is 9.84. The third-order valence-electron chi connectivity index (χ3n) is 4.56. The van der Waals surface area contributed by atoms with Gasteiger partial charge < -0.3 is 10.4 Å². The maximum absolute atomic E-state index is 12.0. The molecule has 0 radical (unpaired) electrons. The molecule has 5 heteroatoms. The predicted molar refractivity (Wildman–Crippen MR) is 83.1 cm³/mol. The summed E-state index contributed by atoms with van der Waals surface area (Å²) in [5.41, 5.74) is 0. The molecule has 0 aromatic heterocycles. The average Bonchev–Trinajstić information content (AvgIpc) is 2.44. The van der Waals surface area contributed by atoms with E-state index in [-0.39, 0.29) is 24.3 Å². The second-order valence-electron chi connectivity index (χ2n) is 6.29. The molecule has 1 saturated heterocycles. The Bertz CT molecular complexity index is 342. The van der Waals surface area contributed by atoms with Gasteiger partial charge in [-0.2, -0.15) is 0 Å². The molecule has 2 N–H and O–H groups in total. The summed E-state index contributed by atoms with van der Waals surface area (Å²) in [5, 5.41) is 12.0. The number of hydrogen-bond acceptors (Lipinski definition) is 3. The Morgan fingerprint density at radius 2 is 2.00 bits per heavy atom. The van der Waals surface area contributed by atoms with Crippen LogP contribution in [0, 0.1) is 11.8 Å². The Labute approximate surface area is 128 Å². The van der Waals surface area contributed by atoms with Crippen molar-refractivity contribution in [3.8, 4) is 0 Å². The number of nitrogens with zero attached hydrogens (tertiary/aromatic N) is 1. The number of hydrogen-bond donors (Lipinski definition) is 2. The fraction of sp³-hybridized carbons (Fsp3) is 0.875. The van der Waals surface area contributed by atoms with E-state index in [9.17, 15) is 9.59 Å². The van der Waals surface area contributed by atoms with Crippen molar-refractivity contribution >= 4 is 11.9 Å². The zero-order chi connectivity index (χ0) is 15.8. The first-order valence-electron chi connectivity index (χ1n) is 8.19. The lowest BCUT2D eigenvalue weighted by Crippen LogP contribution is -2.46. The number of rotatable bonds is 8. The van der Waals surface area contributed by atoms with E-state index in [1.807, 2.05) is 6.92 Å². The van der Waals surface area contributed by atoms with Gasteiger partial charge in [-0.25, -0.2) is 0 Å². The van der Waals surface area contributed by atoms with Crippen LogP contribution in [-0.4, -0.2) is 47.6 Å². The van der Waals surface area contributed by atoms with Gasteiger partial charge in [0, 0.05) is 19.0 Å². The molecule has 122 valence electrons. The van der Waals surface area contributed by atoms with Crippen molar-refractivity contribution in [2.24, 2.45) is 11.8 Å². The van der Waals surface area contributed by atoms with E-state index >= 15 is 0 Å². The van der Waals surface area contributed by atoms with Crippen molar-refractivity contribution in [1.82, 2.24) is 10.2 Å². The van der Waals surface area contributed by atoms with Gasteiger partial charge in [-0.05, 0) is 44.1 Å². The zero-order valence-electron chi connectivity index (χ0n) is 13.6. The van der Waals surface area contributed by atoms with Gasteiger partial charge in [0.05, 0.1) is 6.54 Å². The molecule has 21 heavy (non-hydrogen) atoms. The second kappa shape index (κ2) is 9.03. The summed E-state index contributed by atoms with van der Waals surface area (Å²) in [6, 6.07) is 0.268. The smallest absolute Gasteiger partial charge is 0.303 e. The normalized spacial score (nSPS) is 21.2. The molecular weight excluding hydrogens is 268 g/mol. The van der Waals surface area contributed by atoms with Crippen LogP contribution in [0.1, 0.15) is 52.9 Å². The number of carbonyl (C=O) groups excluding carboxylic acids is 1. The summed E-state index contributed by atoms with van der Waals surface area (Å²) in [7, 11) is 0. The number of likely N-dealkylation sites (tertiary alicyclic amines) is 1. The fourth-order valence-corrected chi connectivity index (χ4v) is 3.11. The van der Waals surface area contributed by atoms with Crippen LogP contribution in [0.3, 0.4) is 0 Å². The third-order valence-corrected chi connectivity index (χ3v) is 4.56. The summed E-state index contributed by atoms with van der Waals surface area (Å²) in [6.07, 6.45) is 4.26. The van der Waals surface area contributed by atoms with Crippen LogP contribution in [0.4, 0.5) is 0 Å². The molecule has 0 spiro atoms. The summed E-state index contributed by atoms with van der Waals surface area (Å²) < 4.78 is 0. The molecule has 2 atom stereocenters. The van der Waals surface area contributed by atoms with Gasteiger partial charge in [-0.3, -0.25) is 14.5 Å². The number of piperidine rings is 1. The number of carboxylic acids is 1. The lowest BCUT2D eigenvalue weighted by Gasteiger charge is -2.35. The van der Waals surface area contributed by atoms with Gasteiger partial charge >= 0.3 is 5.97 Å². The molecule has 1 heterocycles. The van der Waals surface area contributed by atoms with Crippen LogP contribution in [-0.2, 0) is 9.59 Å². The van der Waals surface area contributed by atoms with Crippen molar-refractivity contribution in [2.75, 3.05) is 19.6 Å². The van der Waals surface area contributed by atoms with E-state index in [1.165, 1.54) is 0 Å². The van der Waals surface area contributed by atoms with E-state index < -0.39 is 5.97 Å². The van der Waals surface area contributed by atoms with E-state index in [0.717, 1.165) is 38.8 Å². The molecule has 0 saturated carbocycles. The Kier molecular flexibility index (Phi) is 7.72. The third kappa shape index (κ3) is 6.46. The molecule has 5 nitrogen and oxygen atoms in total. The SMILES string of the molecule is CCC(CC)NC(=O)CN1CCCC(C(C)CC(=O)O)C1. The van der Waals surface area contributed by atoms with Crippen LogP contribution in [0.25, 0.3) is 0 Å². The Morgan fingerprint density at radius 1 is 1.33 bits per heavy atom. The maximum Gasteiger partial charge on any atom is 0.303 e. The number of carboxylic acid groups (broad SMARTS) is 1. The molecule has 0 aliphatic carbocycles. The van der Waals surface area contributed by atoms with Crippen LogP contribution in [0.2, 0.25) is 0 Å². The first-order valence-corrected chi connectivity index (χ1v) is 8.19. The number of nitrogens with one attached hydrogen (secondary N) is 1. The molecule has 1 amide bonds. The van der Waals surface area contributed by atoms with Crippen molar-refractivity contribution in [3.05, 3.63) is 0 Å². The standard InChI is InChI=1S/C16H30N2O3/c1-4-14(5-2)17-15(19)11-18-8-6-7-13(10-18)12(3)9-16(20)21/h12-14H,4-11H2,1-3H3,(H,17,19)(H,20,21). The highest BCUT2D eigenvalue weighted by atomic mass is 16.4. The number of amides is 1. The molecule has 1 aliphatic heterocycles. The van der Waals surface area contributed by atoms with Gasteiger partial charge in [-0.1, -0.05) is 20.8 Å². The summed E-state index contributed by atoms with van der Waals surface area (Å²) in [6.45, 7) is 8.38. The average molecular weight is 298 g/mol. The van der Waals surface area contributed by atoms with Crippen molar-refractivity contribution in [3.63, 3.8) is 0 Å².